The van der Waals surface area contributed by atoms with Crippen molar-refractivity contribution < 1.29 is 18.7 Å². The summed E-state index contributed by atoms with van der Waals surface area (Å²) in [5.41, 5.74) is 1.15. The lowest BCUT2D eigenvalue weighted by Crippen LogP contribution is -2.33. The average molecular weight is 427 g/mol. The van der Waals surface area contributed by atoms with E-state index in [2.05, 4.69) is 20.2 Å². The number of carbonyl (C=O) groups excluding carboxylic acids is 2. The molecule has 0 bridgehead atoms. The Bertz CT molecular complexity index is 934. The van der Waals surface area contributed by atoms with E-state index in [0.717, 1.165) is 31.8 Å². The zero-order chi connectivity index (χ0) is 21.8. The highest BCUT2D eigenvalue weighted by atomic mass is 19.1. The van der Waals surface area contributed by atoms with Gasteiger partial charge in [0.2, 0.25) is 5.91 Å². The van der Waals surface area contributed by atoms with Gasteiger partial charge in [-0.05, 0) is 55.6 Å². The van der Waals surface area contributed by atoms with Gasteiger partial charge in [0, 0.05) is 19.3 Å². The Balaban J connectivity index is 1.35. The van der Waals surface area contributed by atoms with Gasteiger partial charge in [0.05, 0.1) is 25.3 Å². The van der Waals surface area contributed by atoms with Gasteiger partial charge in [0.15, 0.2) is 0 Å². The molecule has 2 fully saturated rings. The zero-order valence-corrected chi connectivity index (χ0v) is 17.5. The summed E-state index contributed by atoms with van der Waals surface area (Å²) in [4.78, 5) is 35.4. The molecule has 1 atom stereocenters. The maximum absolute atomic E-state index is 14.9. The van der Waals surface area contributed by atoms with Gasteiger partial charge in [-0.3, -0.25) is 14.6 Å². The largest absolute Gasteiger partial charge is 0.442 e. The van der Waals surface area contributed by atoms with Crippen LogP contribution < -0.4 is 10.2 Å². The Labute approximate surface area is 180 Å². The molecule has 1 aromatic carbocycles. The fraction of sp³-hybridized carbons (Fsp3) is 0.455. The number of ether oxygens (including phenoxy) is 1. The number of rotatable bonds is 6. The Hall–Kier alpha value is -3.07. The molecule has 4 rings (SSSR count). The van der Waals surface area contributed by atoms with E-state index >= 15 is 0 Å². The number of nitrogens with one attached hydrogen (secondary N) is 1. The summed E-state index contributed by atoms with van der Waals surface area (Å²) in [5.74, 6) is 0.443. The number of carbonyl (C=O) groups is 2. The molecule has 0 unspecified atom stereocenters. The smallest absolute Gasteiger partial charge is 0.414 e. The van der Waals surface area contributed by atoms with Crippen molar-refractivity contribution in [1.82, 2.24) is 20.2 Å². The van der Waals surface area contributed by atoms with Crippen LogP contribution in [0.1, 0.15) is 37.1 Å². The molecule has 2 aliphatic rings. The van der Waals surface area contributed by atoms with Crippen LogP contribution in [0, 0.1) is 5.82 Å². The van der Waals surface area contributed by atoms with Crippen LogP contribution in [0.15, 0.2) is 36.7 Å². The van der Waals surface area contributed by atoms with Crippen molar-refractivity contribution in [3.8, 4) is 0 Å². The molecule has 2 aromatic rings. The quantitative estimate of drug-likeness (QED) is 0.762. The Kier molecular flexibility index (Phi) is 6.41. The van der Waals surface area contributed by atoms with Crippen molar-refractivity contribution >= 4 is 17.7 Å². The van der Waals surface area contributed by atoms with Crippen molar-refractivity contribution in [3.05, 3.63) is 53.9 Å². The van der Waals surface area contributed by atoms with E-state index in [1.807, 2.05) is 0 Å². The van der Waals surface area contributed by atoms with Crippen LogP contribution in [0.2, 0.25) is 0 Å². The van der Waals surface area contributed by atoms with Crippen LogP contribution >= 0.6 is 0 Å². The second kappa shape index (κ2) is 9.38. The highest BCUT2D eigenvalue weighted by Crippen LogP contribution is 2.33. The van der Waals surface area contributed by atoms with E-state index in [0.29, 0.717) is 17.8 Å². The average Bonchev–Trinajstić information content (AvgIpc) is 3.14. The second-order valence-electron chi connectivity index (χ2n) is 7.97. The van der Waals surface area contributed by atoms with E-state index < -0.39 is 12.2 Å². The van der Waals surface area contributed by atoms with Crippen molar-refractivity contribution in [2.45, 2.75) is 38.3 Å². The molecular weight excluding hydrogens is 401 g/mol. The number of benzene rings is 1. The molecule has 0 spiro atoms. The number of piperidine rings is 1. The number of halogens is 1. The highest BCUT2D eigenvalue weighted by molar-refractivity contribution is 5.89. The summed E-state index contributed by atoms with van der Waals surface area (Å²) < 4.78 is 20.2. The SMILES string of the molecule is CC(=O)NC[C@H]1CN(c2ccc(C3CCN(Cc4ncccn4)CC3)c(F)c2)C(=O)O1. The number of aromatic nitrogens is 2. The van der Waals surface area contributed by atoms with Crippen LogP contribution in [-0.4, -0.2) is 59.2 Å². The summed E-state index contributed by atoms with van der Waals surface area (Å²) >= 11 is 0. The van der Waals surface area contributed by atoms with Gasteiger partial charge >= 0.3 is 6.09 Å². The minimum Gasteiger partial charge on any atom is -0.442 e. The third kappa shape index (κ3) is 5.16. The monoisotopic (exact) mass is 427 g/mol. The molecule has 9 heteroatoms. The minimum absolute atomic E-state index is 0.139. The zero-order valence-electron chi connectivity index (χ0n) is 17.5. The molecule has 0 saturated carbocycles. The lowest BCUT2D eigenvalue weighted by Gasteiger charge is -2.32. The molecule has 0 aliphatic carbocycles. The summed E-state index contributed by atoms with van der Waals surface area (Å²) in [6.07, 6.45) is 4.21. The van der Waals surface area contributed by atoms with Crippen molar-refractivity contribution in [2.24, 2.45) is 0 Å². The maximum atomic E-state index is 14.9. The van der Waals surface area contributed by atoms with E-state index in [4.69, 9.17) is 4.74 Å². The van der Waals surface area contributed by atoms with Crippen LogP contribution in [0.25, 0.3) is 0 Å². The first-order valence-electron chi connectivity index (χ1n) is 10.5. The number of hydrogen-bond donors (Lipinski definition) is 1. The van der Waals surface area contributed by atoms with Gasteiger partial charge in [-0.15, -0.1) is 0 Å². The van der Waals surface area contributed by atoms with Gasteiger partial charge < -0.3 is 10.1 Å². The predicted octanol–water partition coefficient (Wildman–Crippen LogP) is 2.46. The van der Waals surface area contributed by atoms with Gasteiger partial charge in [0.25, 0.3) is 0 Å². The lowest BCUT2D eigenvalue weighted by molar-refractivity contribution is -0.119. The number of anilines is 1. The molecule has 2 aliphatic heterocycles. The fourth-order valence-corrected chi connectivity index (χ4v) is 4.12. The molecule has 2 amide bonds. The van der Waals surface area contributed by atoms with Gasteiger partial charge in [-0.25, -0.2) is 19.2 Å². The van der Waals surface area contributed by atoms with Gasteiger partial charge in [-0.2, -0.15) is 0 Å². The first-order chi connectivity index (χ1) is 15.0. The van der Waals surface area contributed by atoms with E-state index in [-0.39, 0.29) is 30.7 Å². The van der Waals surface area contributed by atoms with E-state index in [9.17, 15) is 14.0 Å². The first kappa shape index (κ1) is 21.2. The maximum Gasteiger partial charge on any atom is 0.414 e. The van der Waals surface area contributed by atoms with Crippen molar-refractivity contribution in [1.29, 1.82) is 0 Å². The molecular formula is C22H26FN5O3. The summed E-state index contributed by atoms with van der Waals surface area (Å²) in [6.45, 7) is 4.33. The van der Waals surface area contributed by atoms with Crippen LogP contribution in [0.3, 0.4) is 0 Å². The third-order valence-corrected chi connectivity index (χ3v) is 5.76. The number of nitrogens with zero attached hydrogens (tertiary/aromatic N) is 4. The number of hydrogen-bond acceptors (Lipinski definition) is 6. The normalized spacial score (nSPS) is 20.0. The summed E-state index contributed by atoms with van der Waals surface area (Å²) in [7, 11) is 0. The number of cyclic esters (lactones) is 1. The molecule has 1 aromatic heterocycles. The van der Waals surface area contributed by atoms with Crippen LogP contribution in [0.4, 0.5) is 14.9 Å². The topological polar surface area (TPSA) is 87.7 Å². The third-order valence-electron chi connectivity index (χ3n) is 5.76. The predicted molar refractivity (Wildman–Crippen MR) is 112 cm³/mol. The summed E-state index contributed by atoms with van der Waals surface area (Å²) in [6, 6.07) is 6.75. The molecule has 1 N–H and O–H groups in total. The standard InChI is InChI=1S/C22H26FN5O3/c1-15(29)26-12-18-13-28(22(30)31-18)17-3-4-19(20(23)11-17)16-5-9-27(10-6-16)14-21-24-7-2-8-25-21/h2-4,7-8,11,16,18H,5-6,9-10,12-14H2,1H3,(H,26,29)/t18-/m0/s1. The number of likely N-dealkylation sites (tertiary alicyclic amines) is 1. The van der Waals surface area contributed by atoms with Gasteiger partial charge in [-0.1, -0.05) is 6.07 Å². The van der Waals surface area contributed by atoms with Crippen molar-refractivity contribution in [2.75, 3.05) is 31.1 Å². The van der Waals surface area contributed by atoms with Crippen molar-refractivity contribution in [3.63, 3.8) is 0 Å². The van der Waals surface area contributed by atoms with Gasteiger partial charge in [0.1, 0.15) is 17.7 Å². The Morgan fingerprint density at radius 1 is 1.26 bits per heavy atom. The first-order valence-corrected chi connectivity index (χ1v) is 10.5. The Morgan fingerprint density at radius 2 is 2.00 bits per heavy atom. The molecule has 3 heterocycles. The van der Waals surface area contributed by atoms with Crippen LogP contribution in [0.5, 0.6) is 0 Å². The Morgan fingerprint density at radius 3 is 2.68 bits per heavy atom. The van der Waals surface area contributed by atoms with E-state index in [1.165, 1.54) is 17.9 Å². The molecule has 31 heavy (non-hydrogen) atoms. The lowest BCUT2D eigenvalue weighted by atomic mass is 9.89. The second-order valence-corrected chi connectivity index (χ2v) is 7.97. The molecule has 164 valence electrons. The molecule has 0 radical (unpaired) electrons. The summed E-state index contributed by atoms with van der Waals surface area (Å²) in [5, 5.41) is 2.63. The van der Waals surface area contributed by atoms with E-state index in [1.54, 1.807) is 30.6 Å². The highest BCUT2D eigenvalue weighted by Gasteiger charge is 2.33. The fourth-order valence-electron chi connectivity index (χ4n) is 4.12. The molecule has 8 nitrogen and oxygen atoms in total. The number of amides is 2. The molecule has 2 saturated heterocycles. The minimum atomic E-state index is -0.529. The van der Waals surface area contributed by atoms with Crippen LogP contribution in [-0.2, 0) is 16.1 Å².